The minimum absolute atomic E-state index is 0.281. The maximum absolute atomic E-state index is 12.6. The fraction of sp³-hybridized carbons (Fsp3) is 0.350. The molecule has 118 valence electrons. The number of fused-ring (bicyclic) bond motifs is 2. The quantitative estimate of drug-likeness (QED) is 0.870. The van der Waals surface area contributed by atoms with Gasteiger partial charge in [0, 0.05) is 38.3 Å². The number of para-hydroxylation sites is 1. The second-order valence-electron chi connectivity index (χ2n) is 6.45. The first kappa shape index (κ1) is 14.3. The predicted molar refractivity (Wildman–Crippen MR) is 92.5 cm³/mol. The number of rotatable bonds is 3. The molecular formula is C20H22N2O. The third kappa shape index (κ3) is 2.83. The molecule has 0 saturated heterocycles. The van der Waals surface area contributed by atoms with E-state index in [1.165, 1.54) is 22.4 Å². The first-order valence-corrected chi connectivity index (χ1v) is 8.49. The molecule has 2 aromatic carbocycles. The molecule has 2 heterocycles. The average molecular weight is 306 g/mol. The van der Waals surface area contributed by atoms with E-state index in [2.05, 4.69) is 53.4 Å². The summed E-state index contributed by atoms with van der Waals surface area (Å²) in [6, 6.07) is 17.0. The van der Waals surface area contributed by atoms with Crippen LogP contribution in [0.1, 0.15) is 23.1 Å². The van der Waals surface area contributed by atoms with Gasteiger partial charge in [-0.3, -0.25) is 4.79 Å². The Hall–Kier alpha value is -2.29. The van der Waals surface area contributed by atoms with Crippen molar-refractivity contribution in [3.63, 3.8) is 0 Å². The Labute approximate surface area is 137 Å². The van der Waals surface area contributed by atoms with Gasteiger partial charge in [0.05, 0.1) is 0 Å². The first-order valence-electron chi connectivity index (χ1n) is 8.49. The standard InChI is InChI=1S/C20H22N2O/c23-20(22-13-9-16-5-1-2-7-18(16)15-22)11-14-21-12-10-17-6-3-4-8-19(17)21/h1-8H,9-15H2. The molecule has 0 aliphatic carbocycles. The SMILES string of the molecule is O=C(CCN1CCc2ccccc21)N1CCc2ccccc2C1. The molecule has 0 saturated carbocycles. The van der Waals surface area contributed by atoms with Gasteiger partial charge in [-0.15, -0.1) is 0 Å². The van der Waals surface area contributed by atoms with E-state index in [4.69, 9.17) is 0 Å². The number of amides is 1. The molecule has 0 atom stereocenters. The van der Waals surface area contributed by atoms with Crippen LogP contribution in [0.15, 0.2) is 48.5 Å². The van der Waals surface area contributed by atoms with Gasteiger partial charge in [-0.2, -0.15) is 0 Å². The molecule has 23 heavy (non-hydrogen) atoms. The number of hydrogen-bond acceptors (Lipinski definition) is 2. The fourth-order valence-electron chi connectivity index (χ4n) is 3.74. The lowest BCUT2D eigenvalue weighted by Gasteiger charge is -2.30. The molecule has 0 aromatic heterocycles. The summed E-state index contributed by atoms with van der Waals surface area (Å²) < 4.78 is 0. The van der Waals surface area contributed by atoms with Gasteiger partial charge in [-0.1, -0.05) is 42.5 Å². The highest BCUT2D eigenvalue weighted by molar-refractivity contribution is 5.77. The van der Waals surface area contributed by atoms with E-state index in [-0.39, 0.29) is 5.91 Å². The highest BCUT2D eigenvalue weighted by atomic mass is 16.2. The normalized spacial score (nSPS) is 16.2. The number of benzene rings is 2. The van der Waals surface area contributed by atoms with Crippen molar-refractivity contribution in [1.29, 1.82) is 0 Å². The van der Waals surface area contributed by atoms with Gasteiger partial charge < -0.3 is 9.80 Å². The summed E-state index contributed by atoms with van der Waals surface area (Å²) in [4.78, 5) is 16.9. The second kappa shape index (κ2) is 6.07. The predicted octanol–water partition coefficient (Wildman–Crippen LogP) is 3.02. The number of carbonyl (C=O) groups is 1. The van der Waals surface area contributed by atoms with E-state index < -0.39 is 0 Å². The van der Waals surface area contributed by atoms with Gasteiger partial charge in [-0.25, -0.2) is 0 Å². The highest BCUT2D eigenvalue weighted by Gasteiger charge is 2.23. The summed E-state index contributed by atoms with van der Waals surface area (Å²) in [6.45, 7) is 3.49. The molecule has 0 N–H and O–H groups in total. The van der Waals surface area contributed by atoms with Crippen molar-refractivity contribution in [3.05, 3.63) is 65.2 Å². The zero-order valence-corrected chi connectivity index (χ0v) is 13.4. The van der Waals surface area contributed by atoms with E-state index in [9.17, 15) is 4.79 Å². The van der Waals surface area contributed by atoms with Crippen molar-refractivity contribution in [3.8, 4) is 0 Å². The molecule has 0 bridgehead atoms. The van der Waals surface area contributed by atoms with Crippen LogP contribution in [-0.2, 0) is 24.2 Å². The lowest BCUT2D eigenvalue weighted by atomic mass is 10.00. The minimum Gasteiger partial charge on any atom is -0.370 e. The van der Waals surface area contributed by atoms with Crippen LogP contribution in [0.5, 0.6) is 0 Å². The number of hydrogen-bond donors (Lipinski definition) is 0. The van der Waals surface area contributed by atoms with Crippen LogP contribution in [0.3, 0.4) is 0 Å². The van der Waals surface area contributed by atoms with Gasteiger partial charge in [0.1, 0.15) is 0 Å². The third-order valence-corrected chi connectivity index (χ3v) is 5.06. The largest absolute Gasteiger partial charge is 0.370 e. The summed E-state index contributed by atoms with van der Waals surface area (Å²) in [5, 5.41) is 0. The number of anilines is 1. The zero-order valence-electron chi connectivity index (χ0n) is 13.4. The monoisotopic (exact) mass is 306 g/mol. The maximum atomic E-state index is 12.6. The molecule has 0 radical (unpaired) electrons. The van der Waals surface area contributed by atoms with Crippen LogP contribution < -0.4 is 4.90 Å². The van der Waals surface area contributed by atoms with Gasteiger partial charge in [0.2, 0.25) is 5.91 Å². The molecule has 2 aliphatic heterocycles. The summed E-state index contributed by atoms with van der Waals surface area (Å²) >= 11 is 0. The summed E-state index contributed by atoms with van der Waals surface area (Å²) in [5.74, 6) is 0.281. The van der Waals surface area contributed by atoms with E-state index in [1.807, 2.05) is 4.90 Å². The summed E-state index contributed by atoms with van der Waals surface area (Å²) in [6.07, 6.45) is 2.69. The van der Waals surface area contributed by atoms with Crippen LogP contribution in [0, 0.1) is 0 Å². The van der Waals surface area contributed by atoms with E-state index in [0.717, 1.165) is 39.0 Å². The molecule has 2 aliphatic rings. The van der Waals surface area contributed by atoms with E-state index in [1.54, 1.807) is 0 Å². The van der Waals surface area contributed by atoms with Crippen LogP contribution in [-0.4, -0.2) is 30.4 Å². The Morgan fingerprint density at radius 3 is 2.43 bits per heavy atom. The Morgan fingerprint density at radius 2 is 1.57 bits per heavy atom. The molecule has 2 aromatic rings. The Morgan fingerprint density at radius 1 is 0.870 bits per heavy atom. The highest BCUT2D eigenvalue weighted by Crippen LogP contribution is 2.27. The maximum Gasteiger partial charge on any atom is 0.224 e. The van der Waals surface area contributed by atoms with Crippen molar-refractivity contribution in [2.45, 2.75) is 25.8 Å². The van der Waals surface area contributed by atoms with E-state index >= 15 is 0 Å². The van der Waals surface area contributed by atoms with Crippen molar-refractivity contribution < 1.29 is 4.79 Å². The molecule has 3 nitrogen and oxygen atoms in total. The van der Waals surface area contributed by atoms with Gasteiger partial charge in [0.15, 0.2) is 0 Å². The summed E-state index contributed by atoms with van der Waals surface area (Å²) in [7, 11) is 0. The van der Waals surface area contributed by atoms with Gasteiger partial charge in [0.25, 0.3) is 0 Å². The Balaban J connectivity index is 1.37. The molecule has 3 heteroatoms. The summed E-state index contributed by atoms with van der Waals surface area (Å²) in [5.41, 5.74) is 5.42. The molecule has 0 spiro atoms. The lowest BCUT2D eigenvalue weighted by Crippen LogP contribution is -2.37. The van der Waals surface area contributed by atoms with Gasteiger partial charge in [-0.05, 0) is 35.6 Å². The first-order chi connectivity index (χ1) is 11.3. The van der Waals surface area contributed by atoms with Crippen LogP contribution >= 0.6 is 0 Å². The average Bonchev–Trinajstić information content (AvgIpc) is 3.02. The molecule has 0 unspecified atom stereocenters. The van der Waals surface area contributed by atoms with Crippen molar-refractivity contribution in [2.24, 2.45) is 0 Å². The minimum atomic E-state index is 0.281. The van der Waals surface area contributed by atoms with E-state index in [0.29, 0.717) is 6.42 Å². The van der Waals surface area contributed by atoms with Gasteiger partial charge >= 0.3 is 0 Å². The topological polar surface area (TPSA) is 23.6 Å². The Kier molecular flexibility index (Phi) is 3.78. The molecule has 0 fully saturated rings. The molecule has 4 rings (SSSR count). The van der Waals surface area contributed by atoms with Crippen LogP contribution in [0.4, 0.5) is 5.69 Å². The Bertz CT molecular complexity index is 725. The third-order valence-electron chi connectivity index (χ3n) is 5.06. The van der Waals surface area contributed by atoms with Crippen molar-refractivity contribution in [1.82, 2.24) is 4.90 Å². The zero-order chi connectivity index (χ0) is 15.6. The second-order valence-corrected chi connectivity index (χ2v) is 6.45. The molecular weight excluding hydrogens is 284 g/mol. The van der Waals surface area contributed by atoms with Crippen LogP contribution in [0.25, 0.3) is 0 Å². The smallest absolute Gasteiger partial charge is 0.224 e. The number of carbonyl (C=O) groups excluding carboxylic acids is 1. The number of nitrogens with zero attached hydrogens (tertiary/aromatic N) is 2. The fourth-order valence-corrected chi connectivity index (χ4v) is 3.74. The molecule has 1 amide bonds. The van der Waals surface area contributed by atoms with Crippen molar-refractivity contribution >= 4 is 11.6 Å². The van der Waals surface area contributed by atoms with Crippen molar-refractivity contribution in [2.75, 3.05) is 24.5 Å². The lowest BCUT2D eigenvalue weighted by molar-refractivity contribution is -0.131. The van der Waals surface area contributed by atoms with Crippen LogP contribution in [0.2, 0.25) is 0 Å².